The van der Waals surface area contributed by atoms with Gasteiger partial charge < -0.3 is 10.6 Å². The summed E-state index contributed by atoms with van der Waals surface area (Å²) in [6, 6.07) is 12.6. The summed E-state index contributed by atoms with van der Waals surface area (Å²) in [6.45, 7) is 0.899. The lowest BCUT2D eigenvalue weighted by Gasteiger charge is -2.13. The van der Waals surface area contributed by atoms with Crippen LogP contribution in [0.15, 0.2) is 60.2 Å². The van der Waals surface area contributed by atoms with Crippen molar-refractivity contribution >= 4 is 11.8 Å². The number of allylic oxidation sites excluding steroid dienone is 1. The van der Waals surface area contributed by atoms with Crippen molar-refractivity contribution in [1.29, 1.82) is 0 Å². The van der Waals surface area contributed by atoms with Gasteiger partial charge in [0.2, 0.25) is 0 Å². The number of carbonyl (C=O) groups is 2. The molecular weight excluding hydrogens is 355 g/mol. The first-order valence-electron chi connectivity index (χ1n) is 9.70. The molecule has 0 spiro atoms. The summed E-state index contributed by atoms with van der Waals surface area (Å²) in [5.74, 6) is -0.760. The Morgan fingerprint density at radius 3 is 2.32 bits per heavy atom. The van der Waals surface area contributed by atoms with Crippen LogP contribution in [-0.4, -0.2) is 18.4 Å². The molecule has 5 heteroatoms. The molecular formula is C23H25FN2O2. The number of nitrogens with one attached hydrogen (secondary N) is 2. The highest BCUT2D eigenvalue weighted by molar-refractivity contribution is 5.99. The summed E-state index contributed by atoms with van der Waals surface area (Å²) in [5.41, 5.74) is 3.11. The molecule has 1 aliphatic rings. The second kappa shape index (κ2) is 9.83. The number of halogens is 1. The van der Waals surface area contributed by atoms with Crippen molar-refractivity contribution in [3.05, 3.63) is 82.7 Å². The Kier molecular flexibility index (Phi) is 6.95. The van der Waals surface area contributed by atoms with Gasteiger partial charge in [-0.15, -0.1) is 0 Å². The van der Waals surface area contributed by atoms with Gasteiger partial charge >= 0.3 is 0 Å². The van der Waals surface area contributed by atoms with Crippen molar-refractivity contribution in [3.8, 4) is 0 Å². The zero-order valence-corrected chi connectivity index (χ0v) is 15.8. The van der Waals surface area contributed by atoms with Crippen molar-refractivity contribution in [2.75, 3.05) is 6.54 Å². The summed E-state index contributed by atoms with van der Waals surface area (Å²) in [7, 11) is 0. The van der Waals surface area contributed by atoms with Gasteiger partial charge in [-0.05, 0) is 68.0 Å². The van der Waals surface area contributed by atoms with Crippen molar-refractivity contribution < 1.29 is 14.0 Å². The highest BCUT2D eigenvalue weighted by Crippen LogP contribution is 2.19. The van der Waals surface area contributed by atoms with Gasteiger partial charge in [0.25, 0.3) is 11.8 Å². The van der Waals surface area contributed by atoms with E-state index in [4.69, 9.17) is 0 Å². The van der Waals surface area contributed by atoms with E-state index in [-0.39, 0.29) is 17.6 Å². The van der Waals surface area contributed by atoms with Crippen molar-refractivity contribution in [2.24, 2.45) is 0 Å². The van der Waals surface area contributed by atoms with Crippen LogP contribution in [0.3, 0.4) is 0 Å². The summed E-state index contributed by atoms with van der Waals surface area (Å²) in [4.78, 5) is 24.7. The fourth-order valence-electron chi connectivity index (χ4n) is 3.26. The van der Waals surface area contributed by atoms with Gasteiger partial charge in [-0.25, -0.2) is 4.39 Å². The zero-order chi connectivity index (χ0) is 19.8. The van der Waals surface area contributed by atoms with Crippen molar-refractivity contribution in [1.82, 2.24) is 10.6 Å². The second-order valence-electron chi connectivity index (χ2n) is 7.00. The smallest absolute Gasteiger partial charge is 0.251 e. The summed E-state index contributed by atoms with van der Waals surface area (Å²) in [5, 5.41) is 5.72. The molecule has 0 fully saturated rings. The minimum absolute atomic E-state index is 0.176. The predicted molar refractivity (Wildman–Crippen MR) is 108 cm³/mol. The zero-order valence-electron chi connectivity index (χ0n) is 15.8. The predicted octanol–water partition coefficient (Wildman–Crippen LogP) is 4.38. The van der Waals surface area contributed by atoms with Crippen LogP contribution < -0.4 is 10.6 Å². The minimum atomic E-state index is -0.312. The number of hydrogen-bond donors (Lipinski definition) is 2. The average Bonchev–Trinajstić information content (AvgIpc) is 2.74. The maximum Gasteiger partial charge on any atom is 0.251 e. The van der Waals surface area contributed by atoms with Crippen LogP contribution >= 0.6 is 0 Å². The topological polar surface area (TPSA) is 58.2 Å². The number of benzene rings is 2. The van der Waals surface area contributed by atoms with Gasteiger partial charge in [-0.2, -0.15) is 0 Å². The van der Waals surface area contributed by atoms with Crippen LogP contribution in [0.4, 0.5) is 4.39 Å². The molecule has 1 aliphatic carbocycles. The van der Waals surface area contributed by atoms with E-state index in [1.54, 1.807) is 36.4 Å². The monoisotopic (exact) mass is 380 g/mol. The Hall–Kier alpha value is -2.95. The largest absolute Gasteiger partial charge is 0.352 e. The molecule has 2 N–H and O–H groups in total. The molecule has 2 aromatic carbocycles. The standard InChI is InChI=1S/C23H25FN2O2/c24-21-11-9-18(10-12-21)16-26-23(28)20-8-4-7-19(15-20)22(27)25-14-13-17-5-2-1-3-6-17/h4-5,7-12,15H,1-3,6,13-14,16H2,(H,25,27)(H,26,28). The highest BCUT2D eigenvalue weighted by atomic mass is 19.1. The first kappa shape index (κ1) is 19.8. The lowest BCUT2D eigenvalue weighted by Crippen LogP contribution is -2.26. The summed E-state index contributed by atoms with van der Waals surface area (Å²) in [6.07, 6.45) is 7.91. The van der Waals surface area contributed by atoms with Gasteiger partial charge in [0.05, 0.1) is 0 Å². The molecule has 2 aromatic rings. The molecule has 0 aromatic heterocycles. The molecule has 2 amide bonds. The third kappa shape index (κ3) is 5.78. The van der Waals surface area contributed by atoms with Crippen LogP contribution in [0.25, 0.3) is 0 Å². The van der Waals surface area contributed by atoms with Crippen LogP contribution in [0.1, 0.15) is 58.4 Å². The van der Waals surface area contributed by atoms with Crippen LogP contribution in [0.2, 0.25) is 0 Å². The molecule has 4 nitrogen and oxygen atoms in total. The Morgan fingerprint density at radius 2 is 1.64 bits per heavy atom. The van der Waals surface area contributed by atoms with E-state index in [2.05, 4.69) is 16.7 Å². The van der Waals surface area contributed by atoms with E-state index in [9.17, 15) is 14.0 Å². The van der Waals surface area contributed by atoms with Gasteiger partial charge in [0.1, 0.15) is 5.82 Å². The van der Waals surface area contributed by atoms with E-state index < -0.39 is 0 Å². The third-order valence-corrected chi connectivity index (χ3v) is 4.87. The molecule has 3 rings (SSSR count). The van der Waals surface area contributed by atoms with E-state index in [0.29, 0.717) is 24.2 Å². The Balaban J connectivity index is 1.51. The SMILES string of the molecule is O=C(NCCC1=CCCCC1)c1cccc(C(=O)NCc2ccc(F)cc2)c1. The van der Waals surface area contributed by atoms with Crippen LogP contribution in [-0.2, 0) is 6.54 Å². The number of hydrogen-bond acceptors (Lipinski definition) is 2. The molecule has 0 heterocycles. The Morgan fingerprint density at radius 1 is 0.929 bits per heavy atom. The van der Waals surface area contributed by atoms with E-state index >= 15 is 0 Å². The maximum atomic E-state index is 12.9. The van der Waals surface area contributed by atoms with E-state index in [1.807, 2.05) is 0 Å². The molecule has 0 aliphatic heterocycles. The number of amides is 2. The molecule has 146 valence electrons. The number of carbonyl (C=O) groups excluding carboxylic acids is 2. The quantitative estimate of drug-likeness (QED) is 0.701. The minimum Gasteiger partial charge on any atom is -0.352 e. The summed E-state index contributed by atoms with van der Waals surface area (Å²) >= 11 is 0. The molecule has 28 heavy (non-hydrogen) atoms. The first-order chi connectivity index (χ1) is 13.6. The molecule has 0 bridgehead atoms. The van der Waals surface area contributed by atoms with Gasteiger partial charge in [0, 0.05) is 24.2 Å². The van der Waals surface area contributed by atoms with Crippen molar-refractivity contribution in [2.45, 2.75) is 38.6 Å². The van der Waals surface area contributed by atoms with E-state index in [1.165, 1.54) is 30.5 Å². The number of rotatable bonds is 7. The normalized spacial score (nSPS) is 13.5. The lowest BCUT2D eigenvalue weighted by atomic mass is 9.97. The third-order valence-electron chi connectivity index (χ3n) is 4.87. The van der Waals surface area contributed by atoms with Gasteiger partial charge in [-0.1, -0.05) is 29.8 Å². The second-order valence-corrected chi connectivity index (χ2v) is 7.00. The molecule has 0 unspecified atom stereocenters. The van der Waals surface area contributed by atoms with Crippen LogP contribution in [0, 0.1) is 5.82 Å². The highest BCUT2D eigenvalue weighted by Gasteiger charge is 2.11. The molecule has 0 atom stereocenters. The Bertz CT molecular complexity index is 859. The lowest BCUT2D eigenvalue weighted by molar-refractivity contribution is 0.0950. The fourth-order valence-corrected chi connectivity index (χ4v) is 3.26. The Labute approximate surface area is 164 Å². The van der Waals surface area contributed by atoms with Crippen molar-refractivity contribution in [3.63, 3.8) is 0 Å². The summed E-state index contributed by atoms with van der Waals surface area (Å²) < 4.78 is 12.9. The molecule has 0 saturated heterocycles. The fraction of sp³-hybridized carbons (Fsp3) is 0.304. The average molecular weight is 380 g/mol. The van der Waals surface area contributed by atoms with Gasteiger partial charge in [0.15, 0.2) is 0 Å². The molecule has 0 saturated carbocycles. The maximum absolute atomic E-state index is 12.9. The van der Waals surface area contributed by atoms with Gasteiger partial charge in [-0.3, -0.25) is 9.59 Å². The molecule has 0 radical (unpaired) electrons. The first-order valence-corrected chi connectivity index (χ1v) is 9.70. The van der Waals surface area contributed by atoms with E-state index in [0.717, 1.165) is 24.8 Å². The van der Waals surface area contributed by atoms with Crippen LogP contribution in [0.5, 0.6) is 0 Å².